The summed E-state index contributed by atoms with van der Waals surface area (Å²) in [5.41, 5.74) is 6.03. The van der Waals surface area contributed by atoms with Crippen molar-refractivity contribution in [3.8, 4) is 6.01 Å². The summed E-state index contributed by atoms with van der Waals surface area (Å²) in [5.74, 6) is -0.0771. The molecule has 1 aromatic heterocycles. The number of nitrogens with two attached hydrogens (primary N) is 1. The predicted octanol–water partition coefficient (Wildman–Crippen LogP) is 5.86. The van der Waals surface area contributed by atoms with E-state index < -0.39 is 23.7 Å². The first-order valence-electron chi connectivity index (χ1n) is 15.0. The van der Waals surface area contributed by atoms with Crippen LogP contribution in [0, 0.1) is 17.7 Å². The van der Waals surface area contributed by atoms with Crippen molar-refractivity contribution in [1.29, 1.82) is 0 Å². The zero-order valence-corrected chi connectivity index (χ0v) is 25.3. The Labute approximate surface area is 254 Å². The lowest BCUT2D eigenvalue weighted by Gasteiger charge is -2.39. The number of hydrogen-bond donors (Lipinski definition) is 1. The number of methoxy groups -OCH3 is 2. The molecule has 4 atom stereocenters. The van der Waals surface area contributed by atoms with E-state index in [1.807, 2.05) is 0 Å². The molecular weight excluding hydrogens is 585 g/mol. The lowest BCUT2D eigenvalue weighted by Crippen LogP contribution is -2.42. The number of aromatic nitrogens is 2. The van der Waals surface area contributed by atoms with Crippen LogP contribution in [-0.4, -0.2) is 67.9 Å². The van der Waals surface area contributed by atoms with Gasteiger partial charge in [0.1, 0.15) is 11.6 Å². The molecule has 3 fully saturated rings. The van der Waals surface area contributed by atoms with Gasteiger partial charge in [-0.15, -0.1) is 0 Å². The Balaban J connectivity index is 0.000000322. The molecule has 4 aliphatic rings. The third-order valence-electron chi connectivity index (χ3n) is 8.82. The summed E-state index contributed by atoms with van der Waals surface area (Å²) in [6.07, 6.45) is -0.592. The molecule has 13 heteroatoms. The fourth-order valence-electron chi connectivity index (χ4n) is 7.04. The molecule has 8 nitrogen and oxygen atoms in total. The fraction of sp³-hybridized carbons (Fsp3) is 0.613. The Morgan fingerprint density at radius 1 is 1.16 bits per heavy atom. The van der Waals surface area contributed by atoms with Crippen molar-refractivity contribution in [1.82, 2.24) is 14.9 Å². The SMILES string of the molecule is COCC1CC(C)CN(c2nc(OC)nc3c2COC(c2cc(N)cc(F)c2C(F)(F)F)C3)C1.F/C=C1/CC2CCCN2C1. The number of benzene rings is 1. The Bertz CT molecular complexity index is 1340. The fourth-order valence-corrected chi connectivity index (χ4v) is 7.04. The van der Waals surface area contributed by atoms with Crippen LogP contribution in [0.1, 0.15) is 61.1 Å². The standard InChI is InChI=1S/C23H28F4N4O3.C8H12FN/c1-12-4-13(10-32-2)9-31(8-12)21-16-11-34-19(7-18(16)29-22(30-21)33-3)15-5-14(28)6-17(24)20(15)23(25,26)27;9-5-7-4-8-2-1-3-10(8)6-7/h5-6,12-13,19H,4,7-11,28H2,1-3H3;5,8H,1-4,6H2/b;7-5-. The average Bonchev–Trinajstić information content (AvgIpc) is 3.58. The van der Waals surface area contributed by atoms with E-state index in [0.29, 0.717) is 54.2 Å². The van der Waals surface area contributed by atoms with E-state index in [9.17, 15) is 22.0 Å². The van der Waals surface area contributed by atoms with Crippen molar-refractivity contribution in [2.24, 2.45) is 11.8 Å². The number of halogens is 5. The zero-order valence-electron chi connectivity index (χ0n) is 25.3. The summed E-state index contributed by atoms with van der Waals surface area (Å²) >= 11 is 0. The van der Waals surface area contributed by atoms with E-state index >= 15 is 0 Å². The summed E-state index contributed by atoms with van der Waals surface area (Å²) in [5, 5.41) is 0. The van der Waals surface area contributed by atoms with E-state index in [0.717, 1.165) is 43.9 Å². The number of piperidine rings is 1. The van der Waals surface area contributed by atoms with Crippen molar-refractivity contribution >= 4 is 11.5 Å². The first-order valence-corrected chi connectivity index (χ1v) is 15.0. The first kappa shape index (κ1) is 32.4. The lowest BCUT2D eigenvalue weighted by atomic mass is 9.90. The molecule has 0 saturated carbocycles. The number of anilines is 2. The molecule has 2 N–H and O–H groups in total. The van der Waals surface area contributed by atoms with Gasteiger partial charge in [0, 0.05) is 56.4 Å². The second-order valence-electron chi connectivity index (χ2n) is 12.2. The molecule has 0 amide bonds. The molecule has 5 heterocycles. The molecule has 4 unspecified atom stereocenters. The zero-order chi connectivity index (χ0) is 31.6. The van der Waals surface area contributed by atoms with E-state index in [2.05, 4.69) is 26.7 Å². The van der Waals surface area contributed by atoms with E-state index in [1.54, 1.807) is 7.11 Å². The molecule has 44 heavy (non-hydrogen) atoms. The van der Waals surface area contributed by atoms with Crippen LogP contribution in [-0.2, 0) is 28.7 Å². The van der Waals surface area contributed by atoms with Gasteiger partial charge < -0.3 is 24.8 Å². The van der Waals surface area contributed by atoms with Gasteiger partial charge in [0.15, 0.2) is 0 Å². The monoisotopic (exact) mass is 625 g/mol. The minimum absolute atomic E-state index is 0.00190. The van der Waals surface area contributed by atoms with Crippen LogP contribution in [0.25, 0.3) is 0 Å². The minimum Gasteiger partial charge on any atom is -0.467 e. The summed E-state index contributed by atoms with van der Waals surface area (Å²) in [4.78, 5) is 13.5. The quantitative estimate of drug-likeness (QED) is 0.327. The molecule has 0 spiro atoms. The van der Waals surface area contributed by atoms with Gasteiger partial charge in [-0.25, -0.2) is 8.78 Å². The van der Waals surface area contributed by atoms with E-state index in [1.165, 1.54) is 26.5 Å². The Hall–Kier alpha value is -3.03. The van der Waals surface area contributed by atoms with Gasteiger partial charge in [0.05, 0.1) is 44.0 Å². The number of fused-ring (bicyclic) bond motifs is 2. The van der Waals surface area contributed by atoms with Crippen molar-refractivity contribution in [3.63, 3.8) is 0 Å². The van der Waals surface area contributed by atoms with Crippen LogP contribution in [0.3, 0.4) is 0 Å². The summed E-state index contributed by atoms with van der Waals surface area (Å²) in [6, 6.07) is 2.58. The molecule has 242 valence electrons. The highest BCUT2D eigenvalue weighted by molar-refractivity contribution is 5.53. The molecule has 0 aliphatic carbocycles. The van der Waals surface area contributed by atoms with Gasteiger partial charge in [0.2, 0.25) is 0 Å². The van der Waals surface area contributed by atoms with Gasteiger partial charge >= 0.3 is 12.2 Å². The molecule has 1 aromatic carbocycles. The van der Waals surface area contributed by atoms with Crippen LogP contribution in [0.15, 0.2) is 24.0 Å². The normalized spacial score (nSPS) is 26.3. The number of ether oxygens (including phenoxy) is 3. The van der Waals surface area contributed by atoms with Crippen LogP contribution in [0.4, 0.5) is 33.5 Å². The van der Waals surface area contributed by atoms with Gasteiger partial charge in [-0.3, -0.25) is 4.90 Å². The van der Waals surface area contributed by atoms with Crippen LogP contribution in [0.2, 0.25) is 0 Å². The van der Waals surface area contributed by atoms with Crippen molar-refractivity contribution in [2.75, 3.05) is 57.6 Å². The Morgan fingerprint density at radius 2 is 1.95 bits per heavy atom. The topological polar surface area (TPSA) is 86.0 Å². The summed E-state index contributed by atoms with van der Waals surface area (Å²) in [7, 11) is 3.10. The third kappa shape index (κ3) is 7.10. The van der Waals surface area contributed by atoms with Crippen molar-refractivity contribution < 1.29 is 36.2 Å². The van der Waals surface area contributed by atoms with E-state index in [-0.39, 0.29) is 30.3 Å². The number of hydrogen-bond acceptors (Lipinski definition) is 8. The Morgan fingerprint density at radius 3 is 2.64 bits per heavy atom. The molecule has 3 saturated heterocycles. The molecular formula is C31H40F5N5O3. The predicted molar refractivity (Wildman–Crippen MR) is 155 cm³/mol. The van der Waals surface area contributed by atoms with Gasteiger partial charge in [-0.1, -0.05) is 6.92 Å². The average molecular weight is 626 g/mol. The van der Waals surface area contributed by atoms with Crippen molar-refractivity contribution in [3.05, 3.63) is 52.2 Å². The second kappa shape index (κ2) is 13.5. The van der Waals surface area contributed by atoms with Crippen LogP contribution >= 0.6 is 0 Å². The largest absolute Gasteiger partial charge is 0.467 e. The summed E-state index contributed by atoms with van der Waals surface area (Å²) in [6.45, 7) is 6.29. The number of alkyl halides is 3. The highest BCUT2D eigenvalue weighted by Gasteiger charge is 2.41. The van der Waals surface area contributed by atoms with Gasteiger partial charge in [0.25, 0.3) is 0 Å². The number of rotatable bonds is 5. The maximum Gasteiger partial charge on any atom is 0.419 e. The lowest BCUT2D eigenvalue weighted by molar-refractivity contribution is -0.142. The number of nitrogens with zero attached hydrogens (tertiary/aromatic N) is 4. The van der Waals surface area contributed by atoms with E-state index in [4.69, 9.17) is 19.9 Å². The number of nitrogen functional groups attached to an aromatic ring is 1. The third-order valence-corrected chi connectivity index (χ3v) is 8.82. The Kier molecular flexibility index (Phi) is 9.96. The van der Waals surface area contributed by atoms with Crippen LogP contribution in [0.5, 0.6) is 6.01 Å². The summed E-state index contributed by atoms with van der Waals surface area (Å²) < 4.78 is 83.8. The molecule has 2 aromatic rings. The smallest absolute Gasteiger partial charge is 0.419 e. The maximum atomic E-state index is 14.3. The minimum atomic E-state index is -4.90. The molecule has 0 bridgehead atoms. The maximum absolute atomic E-state index is 14.3. The molecule has 4 aliphatic heterocycles. The molecule has 6 rings (SSSR count). The highest BCUT2D eigenvalue weighted by Crippen LogP contribution is 2.43. The highest BCUT2D eigenvalue weighted by atomic mass is 19.4. The first-order chi connectivity index (χ1) is 21.0. The van der Waals surface area contributed by atoms with Crippen LogP contribution < -0.4 is 15.4 Å². The van der Waals surface area contributed by atoms with Gasteiger partial charge in [-0.05, 0) is 61.4 Å². The molecule has 0 radical (unpaired) electrons. The second-order valence-corrected chi connectivity index (χ2v) is 12.2. The van der Waals surface area contributed by atoms with Crippen molar-refractivity contribution in [2.45, 2.75) is 64.0 Å². The van der Waals surface area contributed by atoms with Gasteiger partial charge in [-0.2, -0.15) is 23.1 Å².